The second kappa shape index (κ2) is 10.6. The van der Waals surface area contributed by atoms with Crippen molar-refractivity contribution in [2.24, 2.45) is 0 Å². The smallest absolute Gasteiger partial charge is 0.408 e. The summed E-state index contributed by atoms with van der Waals surface area (Å²) in [6, 6.07) is 9.21. The zero-order valence-electron chi connectivity index (χ0n) is 18.3. The van der Waals surface area contributed by atoms with Crippen LogP contribution in [0.1, 0.15) is 40.2 Å². The lowest BCUT2D eigenvalue weighted by atomic mass is 10.1. The SMILES string of the molecule is CC(NC(=O)OC(C)(C)C)C(=O)N(Cc1ccccc1)C(C)CN1CCOCC1. The highest BCUT2D eigenvalue weighted by Gasteiger charge is 2.29. The van der Waals surface area contributed by atoms with Crippen molar-refractivity contribution in [2.75, 3.05) is 32.8 Å². The first-order valence-electron chi connectivity index (χ1n) is 10.3. The molecule has 1 fully saturated rings. The molecule has 7 nitrogen and oxygen atoms in total. The Morgan fingerprint density at radius 3 is 2.38 bits per heavy atom. The van der Waals surface area contributed by atoms with Crippen LogP contribution in [-0.4, -0.2) is 72.3 Å². The molecule has 2 rings (SSSR count). The van der Waals surface area contributed by atoms with Gasteiger partial charge in [-0.2, -0.15) is 0 Å². The van der Waals surface area contributed by atoms with Crippen molar-refractivity contribution < 1.29 is 19.1 Å². The first-order valence-corrected chi connectivity index (χ1v) is 10.3. The number of rotatable bonds is 7. The lowest BCUT2D eigenvalue weighted by molar-refractivity contribution is -0.136. The summed E-state index contributed by atoms with van der Waals surface area (Å²) >= 11 is 0. The van der Waals surface area contributed by atoms with Crippen LogP contribution in [0.2, 0.25) is 0 Å². The van der Waals surface area contributed by atoms with E-state index in [1.165, 1.54) is 0 Å². The fourth-order valence-corrected chi connectivity index (χ4v) is 3.28. The molecular weight excluding hydrogens is 370 g/mol. The summed E-state index contributed by atoms with van der Waals surface area (Å²) in [4.78, 5) is 29.5. The van der Waals surface area contributed by atoms with Gasteiger partial charge in [-0.25, -0.2) is 4.79 Å². The second-order valence-electron chi connectivity index (χ2n) is 8.58. The van der Waals surface area contributed by atoms with Crippen molar-refractivity contribution in [3.63, 3.8) is 0 Å². The Morgan fingerprint density at radius 2 is 1.79 bits per heavy atom. The topological polar surface area (TPSA) is 71.1 Å². The molecule has 1 saturated heterocycles. The van der Waals surface area contributed by atoms with Gasteiger partial charge in [-0.15, -0.1) is 0 Å². The van der Waals surface area contributed by atoms with Crippen LogP contribution in [0.5, 0.6) is 0 Å². The number of amides is 2. The van der Waals surface area contributed by atoms with Crippen molar-refractivity contribution >= 4 is 12.0 Å². The van der Waals surface area contributed by atoms with Crippen LogP contribution in [0.25, 0.3) is 0 Å². The third-order valence-electron chi connectivity index (χ3n) is 4.74. The van der Waals surface area contributed by atoms with E-state index in [-0.39, 0.29) is 11.9 Å². The first kappa shape index (κ1) is 23.2. The first-order chi connectivity index (χ1) is 13.7. The van der Waals surface area contributed by atoms with Crippen LogP contribution >= 0.6 is 0 Å². The van der Waals surface area contributed by atoms with E-state index in [0.29, 0.717) is 6.54 Å². The Balaban J connectivity index is 2.07. The van der Waals surface area contributed by atoms with Gasteiger partial charge in [0.25, 0.3) is 0 Å². The number of nitrogens with zero attached hydrogens (tertiary/aromatic N) is 2. The summed E-state index contributed by atoms with van der Waals surface area (Å²) in [5, 5.41) is 2.67. The Kier molecular flexibility index (Phi) is 8.46. The van der Waals surface area contributed by atoms with Crippen LogP contribution in [0, 0.1) is 0 Å². The molecule has 1 aliphatic rings. The van der Waals surface area contributed by atoms with E-state index in [1.807, 2.05) is 35.2 Å². The van der Waals surface area contributed by atoms with Gasteiger partial charge in [0.05, 0.1) is 13.2 Å². The molecule has 2 amide bonds. The highest BCUT2D eigenvalue weighted by Crippen LogP contribution is 2.13. The van der Waals surface area contributed by atoms with Gasteiger partial charge >= 0.3 is 6.09 Å². The molecule has 1 N–H and O–H groups in total. The summed E-state index contributed by atoms with van der Waals surface area (Å²) < 4.78 is 10.7. The van der Waals surface area contributed by atoms with Crippen LogP contribution < -0.4 is 5.32 Å². The van der Waals surface area contributed by atoms with Crippen LogP contribution in [0.4, 0.5) is 4.79 Å². The number of ether oxygens (including phenoxy) is 2. The Bertz CT molecular complexity index is 654. The van der Waals surface area contributed by atoms with Crippen molar-refractivity contribution in [3.05, 3.63) is 35.9 Å². The van der Waals surface area contributed by atoms with Gasteiger partial charge < -0.3 is 19.7 Å². The van der Waals surface area contributed by atoms with Crippen molar-refractivity contribution in [1.82, 2.24) is 15.1 Å². The average molecular weight is 406 g/mol. The maximum atomic E-state index is 13.2. The predicted octanol–water partition coefficient (Wildman–Crippen LogP) is 2.65. The number of nitrogens with one attached hydrogen (secondary N) is 1. The van der Waals surface area contributed by atoms with E-state index < -0.39 is 17.7 Å². The van der Waals surface area contributed by atoms with Gasteiger partial charge in [0, 0.05) is 32.2 Å². The molecule has 0 aliphatic carbocycles. The molecule has 7 heteroatoms. The lowest BCUT2D eigenvalue weighted by Gasteiger charge is -2.36. The quantitative estimate of drug-likeness (QED) is 0.755. The molecule has 29 heavy (non-hydrogen) atoms. The van der Waals surface area contributed by atoms with E-state index in [0.717, 1.165) is 38.4 Å². The minimum absolute atomic E-state index is 0.0105. The molecule has 1 heterocycles. The molecule has 1 aliphatic heterocycles. The highest BCUT2D eigenvalue weighted by molar-refractivity contribution is 5.85. The highest BCUT2D eigenvalue weighted by atomic mass is 16.6. The fraction of sp³-hybridized carbons (Fsp3) is 0.636. The van der Waals surface area contributed by atoms with E-state index >= 15 is 0 Å². The molecule has 0 spiro atoms. The van der Waals surface area contributed by atoms with Gasteiger partial charge in [-0.1, -0.05) is 30.3 Å². The average Bonchev–Trinajstić information content (AvgIpc) is 2.65. The van der Waals surface area contributed by atoms with Crippen molar-refractivity contribution in [1.29, 1.82) is 0 Å². The Morgan fingerprint density at radius 1 is 1.17 bits per heavy atom. The molecule has 0 radical (unpaired) electrons. The molecule has 1 aromatic carbocycles. The van der Waals surface area contributed by atoms with Gasteiger partial charge in [-0.3, -0.25) is 9.69 Å². The Labute approximate surface area is 174 Å². The van der Waals surface area contributed by atoms with Gasteiger partial charge in [0.1, 0.15) is 11.6 Å². The maximum absolute atomic E-state index is 13.2. The molecule has 0 saturated carbocycles. The van der Waals surface area contributed by atoms with Gasteiger partial charge in [0.15, 0.2) is 0 Å². The normalized spacial score (nSPS) is 17.3. The minimum atomic E-state index is -0.680. The number of alkyl carbamates (subject to hydrolysis) is 1. The third kappa shape index (κ3) is 8.03. The molecule has 0 bridgehead atoms. The van der Waals surface area contributed by atoms with E-state index in [4.69, 9.17) is 9.47 Å². The molecule has 1 aromatic rings. The summed E-state index contributed by atoms with van der Waals surface area (Å²) in [6.07, 6.45) is -0.584. The molecular formula is C22H35N3O4. The molecule has 2 atom stereocenters. The summed E-state index contributed by atoms with van der Waals surface area (Å²) in [5.41, 5.74) is 0.444. The van der Waals surface area contributed by atoms with Gasteiger partial charge in [0.2, 0.25) is 5.91 Å². The minimum Gasteiger partial charge on any atom is -0.444 e. The van der Waals surface area contributed by atoms with Crippen molar-refractivity contribution in [2.45, 2.75) is 58.8 Å². The number of hydrogen-bond donors (Lipinski definition) is 1. The zero-order chi connectivity index (χ0) is 21.4. The summed E-state index contributed by atoms with van der Waals surface area (Å²) in [6.45, 7) is 13.6. The second-order valence-corrected chi connectivity index (χ2v) is 8.58. The predicted molar refractivity (Wildman–Crippen MR) is 113 cm³/mol. The largest absolute Gasteiger partial charge is 0.444 e. The zero-order valence-corrected chi connectivity index (χ0v) is 18.3. The standard InChI is InChI=1S/C22H35N3O4/c1-17(15-24-11-13-28-14-12-24)25(16-19-9-7-6-8-10-19)20(26)18(2)23-21(27)29-22(3,4)5/h6-10,17-18H,11-16H2,1-5H3,(H,23,27). The van der Waals surface area contributed by atoms with Crippen LogP contribution in [0.3, 0.4) is 0 Å². The molecule has 0 aromatic heterocycles. The van der Waals surface area contributed by atoms with Crippen molar-refractivity contribution in [3.8, 4) is 0 Å². The number of carbonyl (C=O) groups is 2. The summed E-state index contributed by atoms with van der Waals surface area (Å²) in [5.74, 6) is -0.125. The maximum Gasteiger partial charge on any atom is 0.408 e. The van der Waals surface area contributed by atoms with Crippen LogP contribution in [0.15, 0.2) is 30.3 Å². The molecule has 2 unspecified atom stereocenters. The van der Waals surface area contributed by atoms with E-state index in [1.54, 1.807) is 27.7 Å². The third-order valence-corrected chi connectivity index (χ3v) is 4.74. The van der Waals surface area contributed by atoms with E-state index in [9.17, 15) is 9.59 Å². The Hall–Kier alpha value is -2.12. The summed E-state index contributed by atoms with van der Waals surface area (Å²) in [7, 11) is 0. The number of morpholine rings is 1. The monoisotopic (exact) mass is 405 g/mol. The van der Waals surface area contributed by atoms with Gasteiger partial charge in [-0.05, 0) is 40.2 Å². The number of benzene rings is 1. The number of carbonyl (C=O) groups excluding carboxylic acids is 2. The van der Waals surface area contributed by atoms with E-state index in [2.05, 4.69) is 17.1 Å². The van der Waals surface area contributed by atoms with Crippen LogP contribution in [-0.2, 0) is 20.8 Å². The fourth-order valence-electron chi connectivity index (χ4n) is 3.28. The number of hydrogen-bond acceptors (Lipinski definition) is 5. The lowest BCUT2D eigenvalue weighted by Crippen LogP contribution is -2.53. The molecule has 162 valence electrons.